The van der Waals surface area contributed by atoms with Crippen LogP contribution in [0, 0.1) is 5.82 Å². The lowest BCUT2D eigenvalue weighted by Gasteiger charge is -2.16. The molecule has 8 heteroatoms. The van der Waals surface area contributed by atoms with E-state index in [4.69, 9.17) is 0 Å². The monoisotopic (exact) mass is 408 g/mol. The molecule has 0 atom stereocenters. The lowest BCUT2D eigenvalue weighted by molar-refractivity contribution is -0.113. The van der Waals surface area contributed by atoms with Crippen LogP contribution in [-0.2, 0) is 20.6 Å². The number of amides is 1. The summed E-state index contributed by atoms with van der Waals surface area (Å²) in [5.41, 5.74) is 1.26. The first-order valence-electron chi connectivity index (χ1n) is 8.67. The minimum absolute atomic E-state index is 0.189. The maximum atomic E-state index is 13.1. The fraction of sp³-hybridized carbons (Fsp3) is 0.316. The van der Waals surface area contributed by atoms with E-state index in [0.29, 0.717) is 24.5 Å². The third-order valence-corrected chi connectivity index (χ3v) is 7.11. The van der Waals surface area contributed by atoms with Crippen molar-refractivity contribution in [3.63, 3.8) is 0 Å². The van der Waals surface area contributed by atoms with E-state index in [2.05, 4.69) is 5.32 Å². The Hall–Kier alpha value is -1.90. The van der Waals surface area contributed by atoms with Gasteiger partial charge in [0.05, 0.1) is 10.6 Å². The van der Waals surface area contributed by atoms with E-state index in [1.54, 1.807) is 30.3 Å². The number of carbonyl (C=O) groups is 1. The molecule has 0 aliphatic carbocycles. The minimum Gasteiger partial charge on any atom is -0.325 e. The van der Waals surface area contributed by atoms with Gasteiger partial charge in [-0.15, -0.1) is 11.8 Å². The third-order valence-electron chi connectivity index (χ3n) is 4.21. The van der Waals surface area contributed by atoms with Gasteiger partial charge in [-0.25, -0.2) is 12.8 Å². The molecule has 2 aromatic carbocycles. The summed E-state index contributed by atoms with van der Waals surface area (Å²) in [7, 11) is -3.51. The van der Waals surface area contributed by atoms with Crippen LogP contribution in [0.3, 0.4) is 0 Å². The molecule has 2 aromatic rings. The van der Waals surface area contributed by atoms with Crippen molar-refractivity contribution in [3.8, 4) is 0 Å². The van der Waals surface area contributed by atoms with Gasteiger partial charge < -0.3 is 5.32 Å². The Morgan fingerprint density at radius 3 is 2.59 bits per heavy atom. The Kier molecular flexibility index (Phi) is 6.51. The van der Waals surface area contributed by atoms with Gasteiger partial charge in [0.2, 0.25) is 15.9 Å². The highest BCUT2D eigenvalue weighted by Crippen LogP contribution is 2.23. The van der Waals surface area contributed by atoms with Crippen LogP contribution in [0.15, 0.2) is 53.4 Å². The Morgan fingerprint density at radius 1 is 1.11 bits per heavy atom. The molecular formula is C19H21FN2O3S2. The van der Waals surface area contributed by atoms with E-state index in [1.807, 2.05) is 0 Å². The summed E-state index contributed by atoms with van der Waals surface area (Å²) in [5.74, 6) is 0.189. The van der Waals surface area contributed by atoms with E-state index in [0.717, 1.165) is 18.4 Å². The van der Waals surface area contributed by atoms with E-state index in [9.17, 15) is 17.6 Å². The van der Waals surface area contributed by atoms with Crippen LogP contribution in [0.2, 0.25) is 0 Å². The van der Waals surface area contributed by atoms with Crippen LogP contribution in [0.25, 0.3) is 0 Å². The Balaban J connectivity index is 1.56. The molecule has 5 nitrogen and oxygen atoms in total. The van der Waals surface area contributed by atoms with Gasteiger partial charge in [-0.2, -0.15) is 4.31 Å². The average molecular weight is 409 g/mol. The summed E-state index contributed by atoms with van der Waals surface area (Å²) in [5, 5.41) is 2.73. The topological polar surface area (TPSA) is 66.5 Å². The second-order valence-corrected chi connectivity index (χ2v) is 9.23. The summed E-state index contributed by atoms with van der Waals surface area (Å²) in [6, 6.07) is 12.6. The lowest BCUT2D eigenvalue weighted by Crippen LogP contribution is -2.28. The first-order valence-corrected chi connectivity index (χ1v) is 11.3. The van der Waals surface area contributed by atoms with Crippen LogP contribution in [0.4, 0.5) is 10.1 Å². The van der Waals surface area contributed by atoms with Crippen molar-refractivity contribution in [1.29, 1.82) is 0 Å². The zero-order chi connectivity index (χ0) is 19.3. The maximum absolute atomic E-state index is 13.1. The van der Waals surface area contributed by atoms with E-state index < -0.39 is 10.0 Å². The predicted molar refractivity (Wildman–Crippen MR) is 106 cm³/mol. The van der Waals surface area contributed by atoms with Crippen molar-refractivity contribution in [2.75, 3.05) is 24.2 Å². The highest BCUT2D eigenvalue weighted by molar-refractivity contribution is 7.99. The lowest BCUT2D eigenvalue weighted by atomic mass is 10.2. The number of hydrogen-bond donors (Lipinski definition) is 1. The van der Waals surface area contributed by atoms with Gasteiger partial charge in [0, 0.05) is 24.5 Å². The normalized spacial score (nSPS) is 15.0. The van der Waals surface area contributed by atoms with Gasteiger partial charge in [-0.05, 0) is 48.7 Å². The second kappa shape index (κ2) is 8.86. The van der Waals surface area contributed by atoms with Gasteiger partial charge >= 0.3 is 0 Å². The number of benzene rings is 2. The zero-order valence-electron chi connectivity index (χ0n) is 14.7. The molecule has 27 heavy (non-hydrogen) atoms. The maximum Gasteiger partial charge on any atom is 0.243 e. The van der Waals surface area contributed by atoms with Crippen LogP contribution in [0.5, 0.6) is 0 Å². The second-order valence-electron chi connectivity index (χ2n) is 6.31. The van der Waals surface area contributed by atoms with Gasteiger partial charge in [-0.1, -0.05) is 18.2 Å². The number of nitrogens with one attached hydrogen (secondary N) is 1. The highest BCUT2D eigenvalue weighted by atomic mass is 32.2. The summed E-state index contributed by atoms with van der Waals surface area (Å²) in [4.78, 5) is 12.3. The molecule has 1 amide bonds. The Bertz CT molecular complexity index is 913. The van der Waals surface area contributed by atoms with Gasteiger partial charge in [0.15, 0.2) is 0 Å². The molecule has 0 unspecified atom stereocenters. The zero-order valence-corrected chi connectivity index (χ0v) is 16.4. The number of halogens is 1. The molecule has 0 saturated carbocycles. The molecule has 1 saturated heterocycles. The molecule has 0 bridgehead atoms. The molecule has 1 fully saturated rings. The number of carbonyl (C=O) groups excluding carboxylic acids is 1. The van der Waals surface area contributed by atoms with Crippen LogP contribution < -0.4 is 5.32 Å². The molecule has 1 aliphatic rings. The quantitative estimate of drug-likeness (QED) is 0.762. The molecule has 3 rings (SSSR count). The number of rotatable bonds is 7. The summed E-state index contributed by atoms with van der Waals surface area (Å²) >= 11 is 1.37. The fourth-order valence-corrected chi connectivity index (χ4v) is 5.24. The molecule has 1 N–H and O–H groups in total. The summed E-state index contributed by atoms with van der Waals surface area (Å²) in [6.45, 7) is 1.07. The summed E-state index contributed by atoms with van der Waals surface area (Å²) < 4.78 is 39.8. The van der Waals surface area contributed by atoms with Gasteiger partial charge in [0.1, 0.15) is 5.82 Å². The van der Waals surface area contributed by atoms with E-state index >= 15 is 0 Å². The van der Waals surface area contributed by atoms with Gasteiger partial charge in [-0.3, -0.25) is 4.79 Å². The molecule has 0 spiro atoms. The highest BCUT2D eigenvalue weighted by Gasteiger charge is 2.27. The number of anilines is 1. The Labute approximate surface area is 163 Å². The molecule has 144 valence electrons. The first-order chi connectivity index (χ1) is 12.9. The van der Waals surface area contributed by atoms with E-state index in [1.165, 1.54) is 34.3 Å². The molecular weight excluding hydrogens is 387 g/mol. The van der Waals surface area contributed by atoms with Crippen LogP contribution >= 0.6 is 11.8 Å². The SMILES string of the molecule is O=C(CSCc1cccc(F)c1)Nc1cccc(S(=O)(=O)N2CCCC2)c1. The number of hydrogen-bond acceptors (Lipinski definition) is 4. The largest absolute Gasteiger partial charge is 0.325 e. The first kappa shape index (κ1) is 19.9. The standard InChI is InChI=1S/C19H21FN2O3S2/c20-16-6-3-5-15(11-16)13-26-14-19(23)21-17-7-4-8-18(12-17)27(24,25)22-9-1-2-10-22/h3-8,11-12H,1-2,9-10,13-14H2,(H,21,23). The van der Waals surface area contributed by atoms with Gasteiger partial charge in [0.25, 0.3) is 0 Å². The smallest absolute Gasteiger partial charge is 0.243 e. The van der Waals surface area contributed by atoms with E-state index in [-0.39, 0.29) is 22.4 Å². The van der Waals surface area contributed by atoms with Crippen molar-refractivity contribution in [2.24, 2.45) is 0 Å². The number of sulfonamides is 1. The van der Waals surface area contributed by atoms with Crippen molar-refractivity contribution in [2.45, 2.75) is 23.5 Å². The van der Waals surface area contributed by atoms with Crippen molar-refractivity contribution >= 4 is 33.4 Å². The predicted octanol–water partition coefficient (Wildman–Crippen LogP) is 3.48. The van der Waals surface area contributed by atoms with Crippen molar-refractivity contribution in [1.82, 2.24) is 4.31 Å². The molecule has 1 aliphatic heterocycles. The molecule has 0 radical (unpaired) electrons. The fourth-order valence-electron chi connectivity index (χ4n) is 2.90. The number of nitrogens with zero attached hydrogens (tertiary/aromatic N) is 1. The van der Waals surface area contributed by atoms with Crippen LogP contribution in [0.1, 0.15) is 18.4 Å². The van der Waals surface area contributed by atoms with Crippen molar-refractivity contribution < 1.29 is 17.6 Å². The van der Waals surface area contributed by atoms with Crippen molar-refractivity contribution in [3.05, 3.63) is 59.9 Å². The Morgan fingerprint density at radius 2 is 1.85 bits per heavy atom. The molecule has 1 heterocycles. The molecule has 0 aromatic heterocycles. The third kappa shape index (κ3) is 5.31. The number of thioether (sulfide) groups is 1. The summed E-state index contributed by atoms with van der Waals surface area (Å²) in [6.07, 6.45) is 1.75. The van der Waals surface area contributed by atoms with Crippen LogP contribution in [-0.4, -0.2) is 37.5 Å². The minimum atomic E-state index is -3.51. The average Bonchev–Trinajstić information content (AvgIpc) is 3.17.